The predicted octanol–water partition coefficient (Wildman–Crippen LogP) is 3.70. The average molecular weight is 437 g/mol. The van der Waals surface area contributed by atoms with Gasteiger partial charge in [0.1, 0.15) is 11.3 Å². The molecule has 168 valence electrons. The molecular formula is C25H27NO6. The molecule has 0 atom stereocenters. The van der Waals surface area contributed by atoms with Crippen LogP contribution < -0.4 is 19.8 Å². The maximum absolute atomic E-state index is 12.9. The van der Waals surface area contributed by atoms with E-state index in [2.05, 4.69) is 0 Å². The van der Waals surface area contributed by atoms with Crippen LogP contribution in [0.5, 0.6) is 17.2 Å². The summed E-state index contributed by atoms with van der Waals surface area (Å²) < 4.78 is 22.1. The number of fused-ring (bicyclic) bond motifs is 2. The second-order valence-corrected chi connectivity index (χ2v) is 8.03. The fraction of sp³-hybridized carbons (Fsp3) is 0.360. The minimum absolute atomic E-state index is 0.0932. The van der Waals surface area contributed by atoms with Crippen molar-refractivity contribution in [1.82, 2.24) is 4.90 Å². The van der Waals surface area contributed by atoms with Gasteiger partial charge in [0.2, 0.25) is 0 Å². The monoisotopic (exact) mass is 437 g/mol. The number of ether oxygens (including phenoxy) is 3. The molecule has 0 saturated heterocycles. The van der Waals surface area contributed by atoms with Crippen molar-refractivity contribution in [2.24, 2.45) is 0 Å². The Kier molecular flexibility index (Phi) is 5.82. The summed E-state index contributed by atoms with van der Waals surface area (Å²) >= 11 is 0. The number of aryl methyl sites for hydroxylation is 2. The van der Waals surface area contributed by atoms with Crippen LogP contribution in [-0.2, 0) is 17.8 Å². The molecule has 32 heavy (non-hydrogen) atoms. The van der Waals surface area contributed by atoms with Gasteiger partial charge in [0.25, 0.3) is 5.91 Å². The first-order chi connectivity index (χ1) is 15.3. The lowest BCUT2D eigenvalue weighted by molar-refractivity contribution is -0.134. The maximum Gasteiger partial charge on any atom is 0.339 e. The Balaban J connectivity index is 1.50. The Hall–Kier alpha value is -3.48. The van der Waals surface area contributed by atoms with Crippen LogP contribution in [0.2, 0.25) is 0 Å². The van der Waals surface area contributed by atoms with Gasteiger partial charge in [0.05, 0.1) is 14.2 Å². The van der Waals surface area contributed by atoms with E-state index in [4.69, 9.17) is 18.6 Å². The second kappa shape index (κ2) is 8.57. The second-order valence-electron chi connectivity index (χ2n) is 8.03. The number of rotatable bonds is 5. The van der Waals surface area contributed by atoms with Gasteiger partial charge in [-0.1, -0.05) is 0 Å². The molecule has 7 heteroatoms. The summed E-state index contributed by atoms with van der Waals surface area (Å²) in [5.41, 5.74) is 4.52. The van der Waals surface area contributed by atoms with Gasteiger partial charge in [-0.15, -0.1) is 0 Å². The Bertz CT molecular complexity index is 1260. The number of hydrogen-bond donors (Lipinski definition) is 0. The van der Waals surface area contributed by atoms with Gasteiger partial charge < -0.3 is 23.5 Å². The molecule has 0 radical (unpaired) electrons. The quantitative estimate of drug-likeness (QED) is 0.567. The number of benzene rings is 2. The van der Waals surface area contributed by atoms with Crippen LogP contribution in [-0.4, -0.2) is 38.2 Å². The number of amides is 1. The van der Waals surface area contributed by atoms with Crippen LogP contribution in [0.15, 0.2) is 33.5 Å². The Morgan fingerprint density at radius 3 is 2.34 bits per heavy atom. The molecule has 0 saturated carbocycles. The fourth-order valence-corrected chi connectivity index (χ4v) is 4.11. The molecule has 1 amide bonds. The van der Waals surface area contributed by atoms with Crippen molar-refractivity contribution in [3.63, 3.8) is 0 Å². The Labute approximate surface area is 186 Å². The molecule has 1 aliphatic rings. The van der Waals surface area contributed by atoms with Crippen molar-refractivity contribution in [2.45, 2.75) is 33.7 Å². The maximum atomic E-state index is 12.9. The van der Waals surface area contributed by atoms with E-state index in [1.165, 1.54) is 0 Å². The topological polar surface area (TPSA) is 78.2 Å². The van der Waals surface area contributed by atoms with Crippen LogP contribution in [0, 0.1) is 20.8 Å². The van der Waals surface area contributed by atoms with Gasteiger partial charge in [0, 0.05) is 29.6 Å². The third kappa shape index (κ3) is 3.79. The van der Waals surface area contributed by atoms with E-state index in [1.807, 2.05) is 38.1 Å². The van der Waals surface area contributed by atoms with Crippen molar-refractivity contribution >= 4 is 16.9 Å². The summed E-state index contributed by atoms with van der Waals surface area (Å²) in [6.45, 7) is 6.48. The summed E-state index contributed by atoms with van der Waals surface area (Å²) in [7, 11) is 3.21. The molecule has 0 N–H and O–H groups in total. The molecule has 3 aromatic rings. The molecule has 2 heterocycles. The zero-order valence-corrected chi connectivity index (χ0v) is 19.0. The van der Waals surface area contributed by atoms with Crippen molar-refractivity contribution < 1.29 is 23.4 Å². The zero-order chi connectivity index (χ0) is 23.0. The third-order valence-electron chi connectivity index (χ3n) is 6.25. The van der Waals surface area contributed by atoms with E-state index in [9.17, 15) is 9.59 Å². The molecule has 0 fully saturated rings. The van der Waals surface area contributed by atoms with E-state index in [0.717, 1.165) is 28.5 Å². The van der Waals surface area contributed by atoms with E-state index in [1.54, 1.807) is 26.0 Å². The van der Waals surface area contributed by atoms with Crippen LogP contribution in [0.1, 0.15) is 27.8 Å². The molecule has 4 rings (SSSR count). The molecule has 0 unspecified atom stereocenters. The Morgan fingerprint density at radius 1 is 0.969 bits per heavy atom. The molecule has 0 bridgehead atoms. The number of carbonyl (C=O) groups excluding carboxylic acids is 1. The SMILES string of the molecule is COc1cc2c(cc1OC)CN(C(=O)COc1ccc3c(C)c(C)c(=O)oc3c1C)CC2. The first-order valence-corrected chi connectivity index (χ1v) is 10.5. The molecule has 1 aliphatic heterocycles. The van der Waals surface area contributed by atoms with E-state index in [-0.39, 0.29) is 18.1 Å². The molecule has 0 spiro atoms. The first kappa shape index (κ1) is 21.7. The lowest BCUT2D eigenvalue weighted by Crippen LogP contribution is -2.38. The third-order valence-corrected chi connectivity index (χ3v) is 6.25. The average Bonchev–Trinajstić information content (AvgIpc) is 2.81. The molecular weight excluding hydrogens is 410 g/mol. The largest absolute Gasteiger partial charge is 0.493 e. The highest BCUT2D eigenvalue weighted by atomic mass is 16.5. The van der Waals surface area contributed by atoms with Gasteiger partial charge >= 0.3 is 5.63 Å². The van der Waals surface area contributed by atoms with Gasteiger partial charge in [-0.25, -0.2) is 4.79 Å². The van der Waals surface area contributed by atoms with E-state index >= 15 is 0 Å². The van der Waals surface area contributed by atoms with Crippen molar-refractivity contribution in [3.8, 4) is 17.2 Å². The van der Waals surface area contributed by atoms with Crippen LogP contribution in [0.3, 0.4) is 0 Å². The highest BCUT2D eigenvalue weighted by Gasteiger charge is 2.23. The van der Waals surface area contributed by atoms with Crippen molar-refractivity contribution in [2.75, 3.05) is 27.4 Å². The standard InChI is InChI=1S/C25H27NO6/c1-14-15(2)25(28)32-24-16(3)20(7-6-19(14)24)31-13-23(27)26-9-8-17-10-21(29-4)22(30-5)11-18(17)12-26/h6-7,10-11H,8-9,12-13H2,1-5H3. The Morgan fingerprint density at radius 2 is 1.66 bits per heavy atom. The van der Waals surface area contributed by atoms with Crippen molar-refractivity contribution in [3.05, 3.63) is 62.5 Å². The molecule has 0 aliphatic carbocycles. The normalized spacial score (nSPS) is 13.1. The first-order valence-electron chi connectivity index (χ1n) is 10.5. The number of methoxy groups -OCH3 is 2. The van der Waals surface area contributed by atoms with E-state index < -0.39 is 0 Å². The van der Waals surface area contributed by atoms with Crippen LogP contribution in [0.4, 0.5) is 0 Å². The molecule has 2 aromatic carbocycles. The predicted molar refractivity (Wildman–Crippen MR) is 121 cm³/mol. The lowest BCUT2D eigenvalue weighted by atomic mass is 9.99. The number of nitrogens with zero attached hydrogens (tertiary/aromatic N) is 1. The summed E-state index contributed by atoms with van der Waals surface area (Å²) in [6, 6.07) is 7.58. The lowest BCUT2D eigenvalue weighted by Gasteiger charge is -2.29. The molecule has 1 aromatic heterocycles. The highest BCUT2D eigenvalue weighted by molar-refractivity contribution is 5.86. The minimum atomic E-state index is -0.356. The van der Waals surface area contributed by atoms with Gasteiger partial charge in [0.15, 0.2) is 18.1 Å². The van der Waals surface area contributed by atoms with Gasteiger partial charge in [-0.3, -0.25) is 4.79 Å². The molecule has 7 nitrogen and oxygen atoms in total. The smallest absolute Gasteiger partial charge is 0.339 e. The van der Waals surface area contributed by atoms with Crippen LogP contribution >= 0.6 is 0 Å². The van der Waals surface area contributed by atoms with Crippen molar-refractivity contribution in [1.29, 1.82) is 0 Å². The van der Waals surface area contributed by atoms with Crippen LogP contribution in [0.25, 0.3) is 11.0 Å². The summed E-state index contributed by atoms with van der Waals surface area (Å²) in [6.07, 6.45) is 0.736. The summed E-state index contributed by atoms with van der Waals surface area (Å²) in [5, 5.41) is 0.871. The summed E-state index contributed by atoms with van der Waals surface area (Å²) in [4.78, 5) is 26.7. The number of carbonyl (C=O) groups is 1. The number of hydrogen-bond acceptors (Lipinski definition) is 6. The highest BCUT2D eigenvalue weighted by Crippen LogP contribution is 2.33. The minimum Gasteiger partial charge on any atom is -0.493 e. The summed E-state index contributed by atoms with van der Waals surface area (Å²) in [5.74, 6) is 1.77. The fourth-order valence-electron chi connectivity index (χ4n) is 4.11. The zero-order valence-electron chi connectivity index (χ0n) is 19.0. The van der Waals surface area contributed by atoms with E-state index in [0.29, 0.717) is 47.0 Å². The van der Waals surface area contributed by atoms with Gasteiger partial charge in [-0.2, -0.15) is 0 Å². The van der Waals surface area contributed by atoms with Gasteiger partial charge in [-0.05, 0) is 68.1 Å².